The third-order valence-corrected chi connectivity index (χ3v) is 6.31. The van der Waals surface area contributed by atoms with Crippen LogP contribution >= 0.6 is 0 Å². The number of rotatable bonds is 8. The van der Waals surface area contributed by atoms with E-state index in [1.807, 2.05) is 61.5 Å². The average Bonchev–Trinajstić information content (AvgIpc) is 2.89. The maximum Gasteiger partial charge on any atom is 0.253 e. The molecule has 2 N–H and O–H groups in total. The fraction of sp³-hybridized carbons (Fsp3) is 0.321. The fourth-order valence-corrected chi connectivity index (χ4v) is 4.47. The highest BCUT2D eigenvalue weighted by Crippen LogP contribution is 2.28. The van der Waals surface area contributed by atoms with Crippen LogP contribution < -0.4 is 15.5 Å². The van der Waals surface area contributed by atoms with Crippen molar-refractivity contribution >= 4 is 23.2 Å². The molecule has 1 aliphatic rings. The summed E-state index contributed by atoms with van der Waals surface area (Å²) in [6.07, 6.45) is 7.60. The number of pyridine rings is 1. The van der Waals surface area contributed by atoms with Crippen LogP contribution in [-0.4, -0.2) is 29.9 Å². The molecule has 0 radical (unpaired) electrons. The first kappa shape index (κ1) is 23.5. The summed E-state index contributed by atoms with van der Waals surface area (Å²) in [6.45, 7) is 4.27. The minimum absolute atomic E-state index is 0.0684. The van der Waals surface area contributed by atoms with Gasteiger partial charge in [0.1, 0.15) is 0 Å². The summed E-state index contributed by atoms with van der Waals surface area (Å²) in [6, 6.07) is 19.3. The average molecular weight is 457 g/mol. The van der Waals surface area contributed by atoms with Crippen LogP contribution in [0.25, 0.3) is 0 Å². The van der Waals surface area contributed by atoms with Crippen LogP contribution in [-0.2, 0) is 11.3 Å². The zero-order valence-electron chi connectivity index (χ0n) is 19.7. The van der Waals surface area contributed by atoms with Crippen LogP contribution in [0.5, 0.6) is 0 Å². The standard InChI is InChI=1S/C28H32N4O2/c1-2-24(22-11-5-3-6-12-22)28(34)31-23-13-14-26(32-16-7-4-8-17-32)25(18-23)27(33)30-20-21-10-9-15-29-19-21/h3,5-6,9-15,18-19,24H,2,4,7-8,16-17,20H2,1H3,(H,30,33)(H,31,34). The zero-order valence-corrected chi connectivity index (χ0v) is 19.7. The molecule has 34 heavy (non-hydrogen) atoms. The lowest BCUT2D eigenvalue weighted by Gasteiger charge is -2.30. The number of piperidine rings is 1. The van der Waals surface area contributed by atoms with E-state index in [-0.39, 0.29) is 17.7 Å². The molecule has 1 aliphatic heterocycles. The molecule has 0 aliphatic carbocycles. The summed E-state index contributed by atoms with van der Waals surface area (Å²) in [4.78, 5) is 32.7. The summed E-state index contributed by atoms with van der Waals surface area (Å²) in [5.74, 6) is -0.470. The Hall–Kier alpha value is -3.67. The molecular formula is C28H32N4O2. The normalized spacial score (nSPS) is 14.3. The number of nitrogens with zero attached hydrogens (tertiary/aromatic N) is 2. The van der Waals surface area contributed by atoms with E-state index in [0.717, 1.165) is 42.7 Å². The number of benzene rings is 2. The lowest BCUT2D eigenvalue weighted by atomic mass is 9.95. The Bertz CT molecular complexity index is 1100. The molecule has 1 atom stereocenters. The van der Waals surface area contributed by atoms with Gasteiger partial charge in [-0.15, -0.1) is 0 Å². The topological polar surface area (TPSA) is 74.3 Å². The molecule has 1 fully saturated rings. The molecule has 0 saturated carbocycles. The molecule has 4 rings (SSSR count). The van der Waals surface area contributed by atoms with Crippen molar-refractivity contribution in [1.82, 2.24) is 10.3 Å². The summed E-state index contributed by atoms with van der Waals surface area (Å²) < 4.78 is 0. The number of hydrogen-bond acceptors (Lipinski definition) is 4. The Kier molecular flexibility index (Phi) is 7.91. The van der Waals surface area contributed by atoms with Gasteiger partial charge in [0.15, 0.2) is 0 Å². The minimum Gasteiger partial charge on any atom is -0.371 e. The van der Waals surface area contributed by atoms with Gasteiger partial charge in [0.2, 0.25) is 5.91 Å². The zero-order chi connectivity index (χ0) is 23.8. The van der Waals surface area contributed by atoms with Crippen molar-refractivity contribution in [3.8, 4) is 0 Å². The second kappa shape index (κ2) is 11.5. The van der Waals surface area contributed by atoms with Gasteiger partial charge in [-0.2, -0.15) is 0 Å². The third kappa shape index (κ3) is 5.81. The molecule has 1 saturated heterocycles. The number of anilines is 2. The molecule has 0 bridgehead atoms. The molecule has 6 heteroatoms. The first-order valence-electron chi connectivity index (χ1n) is 12.1. The van der Waals surface area contributed by atoms with Crippen LogP contribution in [0.1, 0.15) is 60.0 Å². The number of carbonyl (C=O) groups excluding carboxylic acids is 2. The highest BCUT2D eigenvalue weighted by molar-refractivity contribution is 6.02. The summed E-state index contributed by atoms with van der Waals surface area (Å²) in [7, 11) is 0. The number of nitrogens with one attached hydrogen (secondary N) is 2. The van der Waals surface area contributed by atoms with Crippen molar-refractivity contribution in [2.75, 3.05) is 23.3 Å². The van der Waals surface area contributed by atoms with Crippen molar-refractivity contribution in [2.24, 2.45) is 0 Å². The first-order chi connectivity index (χ1) is 16.7. The van der Waals surface area contributed by atoms with Gasteiger partial charge in [-0.1, -0.05) is 43.3 Å². The Balaban J connectivity index is 1.56. The summed E-state index contributed by atoms with van der Waals surface area (Å²) in [5.41, 5.74) is 4.05. The van der Waals surface area contributed by atoms with Crippen molar-refractivity contribution < 1.29 is 9.59 Å². The minimum atomic E-state index is -0.245. The van der Waals surface area contributed by atoms with Gasteiger partial charge in [0, 0.05) is 43.4 Å². The van der Waals surface area contributed by atoms with E-state index in [1.165, 1.54) is 6.42 Å². The monoisotopic (exact) mass is 456 g/mol. The lowest BCUT2D eigenvalue weighted by Crippen LogP contribution is -2.33. The lowest BCUT2D eigenvalue weighted by molar-refractivity contribution is -0.117. The Morgan fingerprint density at radius 1 is 1.00 bits per heavy atom. The van der Waals surface area contributed by atoms with Crippen LogP contribution in [0.15, 0.2) is 73.1 Å². The molecule has 176 valence electrons. The number of hydrogen-bond donors (Lipinski definition) is 2. The van der Waals surface area contributed by atoms with Gasteiger partial charge in [-0.05, 0) is 61.1 Å². The predicted molar refractivity (Wildman–Crippen MR) is 136 cm³/mol. The van der Waals surface area contributed by atoms with Gasteiger partial charge >= 0.3 is 0 Å². The second-order valence-electron chi connectivity index (χ2n) is 8.68. The maximum atomic E-state index is 13.3. The van der Waals surface area contributed by atoms with Gasteiger partial charge in [0.25, 0.3) is 5.91 Å². The smallest absolute Gasteiger partial charge is 0.253 e. The van der Waals surface area contributed by atoms with Crippen molar-refractivity contribution in [2.45, 2.75) is 45.1 Å². The number of aromatic nitrogens is 1. The first-order valence-corrected chi connectivity index (χ1v) is 12.1. The van der Waals surface area contributed by atoms with Crippen molar-refractivity contribution in [3.63, 3.8) is 0 Å². The molecule has 2 aromatic carbocycles. The van der Waals surface area contributed by atoms with E-state index in [4.69, 9.17) is 0 Å². The molecular weight excluding hydrogens is 424 g/mol. The second-order valence-corrected chi connectivity index (χ2v) is 8.68. The van der Waals surface area contributed by atoms with Gasteiger partial charge < -0.3 is 15.5 Å². The van der Waals surface area contributed by atoms with Crippen LogP contribution in [0, 0.1) is 0 Å². The van der Waals surface area contributed by atoms with Crippen LogP contribution in [0.2, 0.25) is 0 Å². The van der Waals surface area contributed by atoms with E-state index in [1.54, 1.807) is 18.5 Å². The largest absolute Gasteiger partial charge is 0.371 e. The molecule has 6 nitrogen and oxygen atoms in total. The SMILES string of the molecule is CCC(C(=O)Nc1ccc(N2CCCCC2)c(C(=O)NCc2cccnc2)c1)c1ccccc1. The van der Waals surface area contributed by atoms with E-state index < -0.39 is 0 Å². The van der Waals surface area contributed by atoms with Gasteiger partial charge in [0.05, 0.1) is 11.5 Å². The highest BCUT2D eigenvalue weighted by Gasteiger charge is 2.22. The number of carbonyl (C=O) groups is 2. The Morgan fingerprint density at radius 3 is 2.50 bits per heavy atom. The van der Waals surface area contributed by atoms with Gasteiger partial charge in [-0.3, -0.25) is 14.6 Å². The highest BCUT2D eigenvalue weighted by atomic mass is 16.2. The molecule has 3 aromatic rings. The van der Waals surface area contributed by atoms with E-state index in [9.17, 15) is 9.59 Å². The van der Waals surface area contributed by atoms with Crippen molar-refractivity contribution in [3.05, 3.63) is 89.7 Å². The van der Waals surface area contributed by atoms with E-state index in [2.05, 4.69) is 20.5 Å². The van der Waals surface area contributed by atoms with Crippen molar-refractivity contribution in [1.29, 1.82) is 0 Å². The fourth-order valence-electron chi connectivity index (χ4n) is 4.47. The van der Waals surface area contributed by atoms with Crippen LogP contribution in [0.4, 0.5) is 11.4 Å². The predicted octanol–water partition coefficient (Wildman–Crippen LogP) is 5.13. The Labute approximate surface area is 201 Å². The maximum absolute atomic E-state index is 13.3. The molecule has 2 amide bonds. The van der Waals surface area contributed by atoms with Crippen LogP contribution in [0.3, 0.4) is 0 Å². The van der Waals surface area contributed by atoms with Gasteiger partial charge in [-0.25, -0.2) is 0 Å². The Morgan fingerprint density at radius 2 is 1.79 bits per heavy atom. The molecule has 1 aromatic heterocycles. The molecule has 0 spiro atoms. The molecule has 1 unspecified atom stereocenters. The summed E-state index contributed by atoms with van der Waals surface area (Å²) >= 11 is 0. The number of amides is 2. The van der Waals surface area contributed by atoms with E-state index >= 15 is 0 Å². The quantitative estimate of drug-likeness (QED) is 0.493. The summed E-state index contributed by atoms with van der Waals surface area (Å²) in [5, 5.41) is 6.06. The molecule has 2 heterocycles. The third-order valence-electron chi connectivity index (χ3n) is 6.31. The van der Waals surface area contributed by atoms with E-state index in [0.29, 0.717) is 24.2 Å².